The van der Waals surface area contributed by atoms with Crippen molar-refractivity contribution in [3.63, 3.8) is 0 Å². The number of unbranched alkanes of at least 4 members (excludes halogenated alkanes) is 1. The highest BCUT2D eigenvalue weighted by Gasteiger charge is 2.27. The highest BCUT2D eigenvalue weighted by atomic mass is 32.2. The first-order chi connectivity index (χ1) is 11.6. The van der Waals surface area contributed by atoms with Crippen molar-refractivity contribution in [1.29, 1.82) is 0 Å². The van der Waals surface area contributed by atoms with Gasteiger partial charge in [-0.2, -0.15) is 0 Å². The number of hydrogen-bond acceptors (Lipinski definition) is 4. The van der Waals surface area contributed by atoms with E-state index in [4.69, 9.17) is 0 Å². The minimum atomic E-state index is -0.272. The zero-order chi connectivity index (χ0) is 17.1. The molecule has 128 valence electrons. The quantitative estimate of drug-likeness (QED) is 0.619. The van der Waals surface area contributed by atoms with Gasteiger partial charge in [0.2, 0.25) is 5.91 Å². The Kier molecular flexibility index (Phi) is 5.23. The molecule has 1 N–H and O–H groups in total. The van der Waals surface area contributed by atoms with Crippen LogP contribution < -0.4 is 10.9 Å². The number of nitrogens with zero attached hydrogens (tertiary/aromatic N) is 2. The number of fused-ring (bicyclic) bond motifs is 1. The molecule has 1 saturated carbocycles. The minimum absolute atomic E-state index is 0.0203. The molecule has 0 saturated heterocycles. The van der Waals surface area contributed by atoms with Crippen LogP contribution in [0.2, 0.25) is 0 Å². The van der Waals surface area contributed by atoms with Crippen LogP contribution in [0.4, 0.5) is 0 Å². The Morgan fingerprint density at radius 3 is 2.88 bits per heavy atom. The first kappa shape index (κ1) is 17.0. The van der Waals surface area contributed by atoms with E-state index in [0.717, 1.165) is 25.7 Å². The average molecular weight is 345 g/mol. The number of amides is 1. The fraction of sp³-hybridized carbons (Fsp3) is 0.500. The number of para-hydroxylation sites is 1. The van der Waals surface area contributed by atoms with E-state index in [-0.39, 0.29) is 16.7 Å². The van der Waals surface area contributed by atoms with Gasteiger partial charge in [-0.3, -0.25) is 14.2 Å². The molecule has 1 fully saturated rings. The second-order valence-electron chi connectivity index (χ2n) is 6.26. The van der Waals surface area contributed by atoms with Crippen molar-refractivity contribution in [3.8, 4) is 0 Å². The van der Waals surface area contributed by atoms with E-state index in [1.807, 2.05) is 31.2 Å². The molecule has 5 nitrogen and oxygen atoms in total. The lowest BCUT2D eigenvalue weighted by Crippen LogP contribution is -2.33. The average Bonchev–Trinajstić information content (AvgIpc) is 3.38. The van der Waals surface area contributed by atoms with Crippen LogP contribution >= 0.6 is 11.8 Å². The summed E-state index contributed by atoms with van der Waals surface area (Å²) in [6, 6.07) is 7.73. The molecule has 1 atom stereocenters. The maximum absolute atomic E-state index is 12.8. The molecule has 3 rings (SSSR count). The van der Waals surface area contributed by atoms with E-state index in [2.05, 4.69) is 17.2 Å². The fourth-order valence-electron chi connectivity index (χ4n) is 2.51. The van der Waals surface area contributed by atoms with E-state index >= 15 is 0 Å². The van der Waals surface area contributed by atoms with Crippen LogP contribution in [0.5, 0.6) is 0 Å². The number of hydrogen-bond donors (Lipinski definition) is 1. The molecule has 1 amide bonds. The van der Waals surface area contributed by atoms with Crippen molar-refractivity contribution in [2.75, 3.05) is 0 Å². The van der Waals surface area contributed by atoms with Crippen LogP contribution in [-0.4, -0.2) is 26.8 Å². The van der Waals surface area contributed by atoms with Crippen molar-refractivity contribution in [1.82, 2.24) is 14.9 Å². The van der Waals surface area contributed by atoms with Crippen molar-refractivity contribution < 1.29 is 4.79 Å². The Bertz CT molecular complexity index is 798. The maximum Gasteiger partial charge on any atom is 0.262 e. The Labute approximate surface area is 145 Å². The summed E-state index contributed by atoms with van der Waals surface area (Å²) in [4.78, 5) is 29.7. The third-order valence-electron chi connectivity index (χ3n) is 4.14. The standard InChI is InChI=1S/C18H23N3O2S/c1-3-4-11-21-17(23)14-7-5-6-8-15(14)20-18(21)24-12(2)16(22)19-13-9-10-13/h5-8,12-13H,3-4,9-11H2,1-2H3,(H,19,22)/t12-/m1/s1. The summed E-state index contributed by atoms with van der Waals surface area (Å²) in [6.07, 6.45) is 4.05. The summed E-state index contributed by atoms with van der Waals surface area (Å²) in [5.41, 5.74) is 0.666. The molecule has 0 bridgehead atoms. The molecular weight excluding hydrogens is 322 g/mol. The lowest BCUT2D eigenvalue weighted by Gasteiger charge is -2.16. The van der Waals surface area contributed by atoms with Gasteiger partial charge in [-0.15, -0.1) is 0 Å². The summed E-state index contributed by atoms with van der Waals surface area (Å²) >= 11 is 1.37. The SMILES string of the molecule is CCCCn1c(S[C@H](C)C(=O)NC2CC2)nc2ccccc2c1=O. The largest absolute Gasteiger partial charge is 0.352 e. The first-order valence-electron chi connectivity index (χ1n) is 8.56. The Balaban J connectivity index is 1.91. The highest BCUT2D eigenvalue weighted by Crippen LogP contribution is 2.25. The zero-order valence-electron chi connectivity index (χ0n) is 14.1. The van der Waals surface area contributed by atoms with Gasteiger partial charge in [0.1, 0.15) is 0 Å². The van der Waals surface area contributed by atoms with Crippen molar-refractivity contribution in [2.24, 2.45) is 0 Å². The third kappa shape index (κ3) is 3.80. The molecule has 0 spiro atoms. The van der Waals surface area contributed by atoms with Crippen molar-refractivity contribution in [3.05, 3.63) is 34.6 Å². The number of rotatable bonds is 7. The van der Waals surface area contributed by atoms with E-state index in [9.17, 15) is 9.59 Å². The number of thioether (sulfide) groups is 1. The number of carbonyl (C=O) groups excluding carboxylic acids is 1. The molecule has 6 heteroatoms. The van der Waals surface area contributed by atoms with Gasteiger partial charge in [0.05, 0.1) is 16.2 Å². The number of nitrogens with one attached hydrogen (secondary N) is 1. The van der Waals surface area contributed by atoms with Gasteiger partial charge in [0.15, 0.2) is 5.16 Å². The lowest BCUT2D eigenvalue weighted by molar-refractivity contribution is -0.120. The third-order valence-corrected chi connectivity index (χ3v) is 5.23. The van der Waals surface area contributed by atoms with Crippen LogP contribution in [0.15, 0.2) is 34.2 Å². The number of benzene rings is 1. The summed E-state index contributed by atoms with van der Waals surface area (Å²) in [7, 11) is 0. The Hall–Kier alpha value is -1.82. The predicted molar refractivity (Wildman–Crippen MR) is 97.4 cm³/mol. The molecule has 24 heavy (non-hydrogen) atoms. The Morgan fingerprint density at radius 2 is 2.17 bits per heavy atom. The minimum Gasteiger partial charge on any atom is -0.352 e. The van der Waals surface area contributed by atoms with Crippen LogP contribution in [0, 0.1) is 0 Å². The van der Waals surface area contributed by atoms with Gasteiger partial charge in [-0.05, 0) is 38.3 Å². The van der Waals surface area contributed by atoms with Crippen LogP contribution in [0.1, 0.15) is 39.5 Å². The molecule has 1 aromatic carbocycles. The fourth-order valence-corrected chi connectivity index (χ4v) is 3.45. The normalized spacial score (nSPS) is 15.4. The van der Waals surface area contributed by atoms with Crippen LogP contribution in [0.25, 0.3) is 10.9 Å². The van der Waals surface area contributed by atoms with Gasteiger partial charge in [0.25, 0.3) is 5.56 Å². The van der Waals surface area contributed by atoms with Crippen molar-refractivity contribution >= 4 is 28.6 Å². The smallest absolute Gasteiger partial charge is 0.262 e. The number of aromatic nitrogens is 2. The zero-order valence-corrected chi connectivity index (χ0v) is 14.9. The molecule has 0 radical (unpaired) electrons. The van der Waals surface area contributed by atoms with Gasteiger partial charge < -0.3 is 5.32 Å². The van der Waals surface area contributed by atoms with Crippen LogP contribution in [-0.2, 0) is 11.3 Å². The Morgan fingerprint density at radius 1 is 1.42 bits per heavy atom. The molecule has 1 aliphatic rings. The molecule has 0 aliphatic heterocycles. The van der Waals surface area contributed by atoms with E-state index in [1.54, 1.807) is 4.57 Å². The monoisotopic (exact) mass is 345 g/mol. The van der Waals surface area contributed by atoms with Gasteiger partial charge in [-0.1, -0.05) is 37.2 Å². The highest BCUT2D eigenvalue weighted by molar-refractivity contribution is 8.00. The van der Waals surface area contributed by atoms with Crippen LogP contribution in [0.3, 0.4) is 0 Å². The van der Waals surface area contributed by atoms with Gasteiger partial charge in [-0.25, -0.2) is 4.98 Å². The molecule has 1 aliphatic carbocycles. The van der Waals surface area contributed by atoms with E-state index < -0.39 is 0 Å². The second kappa shape index (κ2) is 7.38. The summed E-state index contributed by atoms with van der Waals surface area (Å²) in [5, 5.41) is 4.00. The van der Waals surface area contributed by atoms with E-state index in [1.165, 1.54) is 11.8 Å². The maximum atomic E-state index is 12.8. The lowest BCUT2D eigenvalue weighted by atomic mass is 10.2. The molecule has 1 heterocycles. The first-order valence-corrected chi connectivity index (χ1v) is 9.44. The second-order valence-corrected chi connectivity index (χ2v) is 7.57. The summed E-state index contributed by atoms with van der Waals surface area (Å²) < 4.78 is 1.72. The molecular formula is C18H23N3O2S. The summed E-state index contributed by atoms with van der Waals surface area (Å²) in [5.74, 6) is 0.0203. The van der Waals surface area contributed by atoms with Gasteiger partial charge in [0, 0.05) is 12.6 Å². The predicted octanol–water partition coefficient (Wildman–Crippen LogP) is 2.96. The number of carbonyl (C=O) groups is 1. The summed E-state index contributed by atoms with van der Waals surface area (Å²) in [6.45, 7) is 4.60. The van der Waals surface area contributed by atoms with Crippen molar-refractivity contribution in [2.45, 2.75) is 62.5 Å². The molecule has 1 aromatic heterocycles. The molecule has 2 aromatic rings. The van der Waals surface area contributed by atoms with E-state index in [0.29, 0.717) is 28.6 Å². The molecule has 0 unspecified atom stereocenters. The van der Waals surface area contributed by atoms with Gasteiger partial charge >= 0.3 is 0 Å². The topological polar surface area (TPSA) is 64.0 Å².